The fourth-order valence-electron chi connectivity index (χ4n) is 1.53. The van der Waals surface area contributed by atoms with Crippen LogP contribution in [0.2, 0.25) is 5.02 Å². The van der Waals surface area contributed by atoms with Crippen molar-refractivity contribution in [3.63, 3.8) is 0 Å². The highest BCUT2D eigenvalue weighted by Crippen LogP contribution is 2.13. The summed E-state index contributed by atoms with van der Waals surface area (Å²) in [5, 5.41) is 0.622. The van der Waals surface area contributed by atoms with E-state index in [1.807, 2.05) is 0 Å². The average molecular weight is 291 g/mol. The van der Waals surface area contributed by atoms with Gasteiger partial charge in [-0.1, -0.05) is 30.3 Å². The molecule has 0 radical (unpaired) electrons. The molecular formula is C15H12ClFN2O. The summed E-state index contributed by atoms with van der Waals surface area (Å²) in [5.74, 6) is -0.764. The standard InChI is InChI=1S/C15H12ClFN2O/c1-10(11-2-6-13(16)7-3-11)18-19-15(20)12-4-8-14(17)9-5-12/h2-9,18H,1H2,(H,19,20). The Kier molecular flexibility index (Phi) is 4.38. The molecule has 2 N–H and O–H groups in total. The summed E-state index contributed by atoms with van der Waals surface area (Å²) in [5.41, 5.74) is 6.86. The van der Waals surface area contributed by atoms with Gasteiger partial charge in [-0.2, -0.15) is 0 Å². The molecular weight excluding hydrogens is 279 g/mol. The summed E-state index contributed by atoms with van der Waals surface area (Å²) in [4.78, 5) is 11.8. The van der Waals surface area contributed by atoms with Gasteiger partial charge >= 0.3 is 0 Å². The quantitative estimate of drug-likeness (QED) is 0.848. The van der Waals surface area contributed by atoms with Crippen molar-refractivity contribution in [1.29, 1.82) is 0 Å². The Hall–Kier alpha value is -2.33. The first-order chi connectivity index (χ1) is 9.56. The van der Waals surface area contributed by atoms with Gasteiger partial charge in [-0.05, 0) is 42.0 Å². The highest BCUT2D eigenvalue weighted by atomic mass is 35.5. The van der Waals surface area contributed by atoms with Gasteiger partial charge in [0.15, 0.2) is 0 Å². The second-order valence-electron chi connectivity index (χ2n) is 4.07. The lowest BCUT2D eigenvalue weighted by atomic mass is 10.2. The number of rotatable bonds is 4. The van der Waals surface area contributed by atoms with Crippen LogP contribution >= 0.6 is 11.6 Å². The van der Waals surface area contributed by atoms with Crippen molar-refractivity contribution < 1.29 is 9.18 Å². The smallest absolute Gasteiger partial charge is 0.269 e. The molecule has 0 aliphatic heterocycles. The molecule has 0 unspecified atom stereocenters. The zero-order valence-electron chi connectivity index (χ0n) is 10.5. The molecule has 2 rings (SSSR count). The summed E-state index contributed by atoms with van der Waals surface area (Å²) in [6, 6.07) is 12.3. The van der Waals surface area contributed by atoms with Crippen LogP contribution in [0.15, 0.2) is 55.1 Å². The van der Waals surface area contributed by atoms with E-state index in [4.69, 9.17) is 11.6 Å². The van der Waals surface area contributed by atoms with Crippen molar-refractivity contribution in [2.24, 2.45) is 0 Å². The Morgan fingerprint density at radius 2 is 1.50 bits per heavy atom. The van der Waals surface area contributed by atoms with Crippen LogP contribution in [-0.2, 0) is 0 Å². The van der Waals surface area contributed by atoms with E-state index in [0.29, 0.717) is 16.3 Å². The molecule has 0 aromatic heterocycles. The van der Waals surface area contributed by atoms with Crippen molar-refractivity contribution in [3.05, 3.63) is 77.1 Å². The Morgan fingerprint density at radius 3 is 2.10 bits per heavy atom. The molecule has 0 atom stereocenters. The highest BCUT2D eigenvalue weighted by molar-refractivity contribution is 6.30. The molecule has 20 heavy (non-hydrogen) atoms. The van der Waals surface area contributed by atoms with Crippen LogP contribution in [0.25, 0.3) is 5.70 Å². The molecule has 0 bridgehead atoms. The Labute approximate surface area is 121 Å². The van der Waals surface area contributed by atoms with Crippen molar-refractivity contribution in [3.8, 4) is 0 Å². The number of benzene rings is 2. The van der Waals surface area contributed by atoms with E-state index in [1.165, 1.54) is 24.3 Å². The van der Waals surface area contributed by atoms with Gasteiger partial charge in [-0.15, -0.1) is 0 Å². The topological polar surface area (TPSA) is 41.1 Å². The van der Waals surface area contributed by atoms with Crippen LogP contribution in [0, 0.1) is 5.82 Å². The summed E-state index contributed by atoms with van der Waals surface area (Å²) in [7, 11) is 0. The van der Waals surface area contributed by atoms with Gasteiger partial charge in [0.2, 0.25) is 0 Å². The van der Waals surface area contributed by atoms with Crippen molar-refractivity contribution in [2.75, 3.05) is 0 Å². The maximum atomic E-state index is 12.7. The van der Waals surface area contributed by atoms with Gasteiger partial charge < -0.3 is 0 Å². The van der Waals surface area contributed by atoms with Crippen molar-refractivity contribution in [2.45, 2.75) is 0 Å². The molecule has 0 saturated heterocycles. The van der Waals surface area contributed by atoms with E-state index in [-0.39, 0.29) is 11.7 Å². The lowest BCUT2D eigenvalue weighted by molar-refractivity contribution is 0.0942. The van der Waals surface area contributed by atoms with Gasteiger partial charge in [0, 0.05) is 10.6 Å². The average Bonchev–Trinajstić information content (AvgIpc) is 2.46. The number of amides is 1. The Morgan fingerprint density at radius 1 is 0.950 bits per heavy atom. The number of halogens is 2. The molecule has 2 aromatic rings. The normalized spacial score (nSPS) is 9.90. The third kappa shape index (κ3) is 3.59. The summed E-state index contributed by atoms with van der Waals surface area (Å²) >= 11 is 5.79. The molecule has 0 aliphatic carbocycles. The molecule has 0 fully saturated rings. The monoisotopic (exact) mass is 290 g/mol. The van der Waals surface area contributed by atoms with Gasteiger partial charge in [0.05, 0.1) is 5.70 Å². The van der Waals surface area contributed by atoms with E-state index in [0.717, 1.165) is 5.56 Å². The second kappa shape index (κ2) is 6.21. The van der Waals surface area contributed by atoms with E-state index in [1.54, 1.807) is 24.3 Å². The maximum absolute atomic E-state index is 12.7. The van der Waals surface area contributed by atoms with E-state index in [2.05, 4.69) is 17.4 Å². The molecule has 0 aliphatic rings. The number of carbonyl (C=O) groups excluding carboxylic acids is 1. The number of hydrogen-bond donors (Lipinski definition) is 2. The highest BCUT2D eigenvalue weighted by Gasteiger charge is 2.05. The summed E-state index contributed by atoms with van der Waals surface area (Å²) in [6.07, 6.45) is 0. The van der Waals surface area contributed by atoms with Crippen LogP contribution in [-0.4, -0.2) is 5.91 Å². The largest absolute Gasteiger partial charge is 0.298 e. The van der Waals surface area contributed by atoms with Crippen molar-refractivity contribution >= 4 is 23.2 Å². The third-order valence-corrected chi connectivity index (χ3v) is 2.88. The number of hydrogen-bond acceptors (Lipinski definition) is 2. The molecule has 5 heteroatoms. The number of hydrazine groups is 1. The maximum Gasteiger partial charge on any atom is 0.269 e. The van der Waals surface area contributed by atoms with Crippen LogP contribution in [0.5, 0.6) is 0 Å². The van der Waals surface area contributed by atoms with Gasteiger partial charge in [-0.3, -0.25) is 15.6 Å². The molecule has 1 amide bonds. The predicted molar refractivity (Wildman–Crippen MR) is 77.5 cm³/mol. The number of carbonyl (C=O) groups is 1. The summed E-state index contributed by atoms with van der Waals surface area (Å²) < 4.78 is 12.7. The zero-order valence-corrected chi connectivity index (χ0v) is 11.2. The Bertz CT molecular complexity index is 566. The van der Waals surface area contributed by atoms with E-state index >= 15 is 0 Å². The van der Waals surface area contributed by atoms with Crippen LogP contribution in [0.3, 0.4) is 0 Å². The minimum absolute atomic E-state index is 0.350. The first-order valence-corrected chi connectivity index (χ1v) is 6.21. The molecule has 0 saturated carbocycles. The molecule has 2 aromatic carbocycles. The van der Waals surface area contributed by atoms with Crippen LogP contribution in [0.4, 0.5) is 4.39 Å². The fourth-order valence-corrected chi connectivity index (χ4v) is 1.65. The summed E-state index contributed by atoms with van der Waals surface area (Å²) in [6.45, 7) is 3.81. The number of nitrogens with one attached hydrogen (secondary N) is 2. The first kappa shape index (κ1) is 14.1. The van der Waals surface area contributed by atoms with Gasteiger partial charge in [0.25, 0.3) is 5.91 Å². The molecule has 0 heterocycles. The first-order valence-electron chi connectivity index (χ1n) is 5.83. The minimum Gasteiger partial charge on any atom is -0.298 e. The van der Waals surface area contributed by atoms with Gasteiger partial charge in [-0.25, -0.2) is 4.39 Å². The Balaban J connectivity index is 1.94. The third-order valence-electron chi connectivity index (χ3n) is 2.63. The SMILES string of the molecule is C=C(NNC(=O)c1ccc(F)cc1)c1ccc(Cl)cc1. The molecule has 0 spiro atoms. The van der Waals surface area contributed by atoms with Crippen LogP contribution < -0.4 is 10.9 Å². The molecule has 3 nitrogen and oxygen atoms in total. The minimum atomic E-state index is -0.389. The van der Waals surface area contributed by atoms with E-state index in [9.17, 15) is 9.18 Å². The van der Waals surface area contributed by atoms with Gasteiger partial charge in [0.1, 0.15) is 5.82 Å². The lowest BCUT2D eigenvalue weighted by Gasteiger charge is -2.11. The zero-order chi connectivity index (χ0) is 14.5. The van der Waals surface area contributed by atoms with Crippen molar-refractivity contribution in [1.82, 2.24) is 10.9 Å². The lowest BCUT2D eigenvalue weighted by Crippen LogP contribution is -2.35. The van der Waals surface area contributed by atoms with E-state index < -0.39 is 0 Å². The molecule has 102 valence electrons. The fraction of sp³-hybridized carbons (Fsp3) is 0. The van der Waals surface area contributed by atoms with Crippen LogP contribution in [0.1, 0.15) is 15.9 Å². The predicted octanol–water partition coefficient (Wildman–Crippen LogP) is 3.38. The second-order valence-corrected chi connectivity index (χ2v) is 4.51.